The summed E-state index contributed by atoms with van der Waals surface area (Å²) >= 11 is 0. The number of ether oxygens (including phenoxy) is 1. The number of nitriles is 1. The Bertz CT molecular complexity index is 1390. The Kier molecular flexibility index (Phi) is 6.96. The zero-order valence-electron chi connectivity index (χ0n) is 23.0. The van der Waals surface area contributed by atoms with Gasteiger partial charge in [-0.2, -0.15) is 5.26 Å². The van der Waals surface area contributed by atoms with Crippen LogP contribution in [0.3, 0.4) is 0 Å². The third-order valence-corrected chi connectivity index (χ3v) is 7.67. The zero-order valence-corrected chi connectivity index (χ0v) is 23.0. The Morgan fingerprint density at radius 3 is 2.40 bits per heavy atom. The number of rotatable bonds is 7. The highest BCUT2D eigenvalue weighted by Crippen LogP contribution is 2.52. The summed E-state index contributed by atoms with van der Waals surface area (Å²) in [5.41, 5.74) is 0.217. The van der Waals surface area contributed by atoms with Gasteiger partial charge in [0.05, 0.1) is 11.6 Å². The first kappa shape index (κ1) is 27.1. The monoisotopic (exact) mass is 539 g/mol. The van der Waals surface area contributed by atoms with Gasteiger partial charge < -0.3 is 15.0 Å². The van der Waals surface area contributed by atoms with Crippen LogP contribution in [-0.2, 0) is 16.0 Å². The third kappa shape index (κ3) is 5.22. The van der Waals surface area contributed by atoms with Gasteiger partial charge in [0.25, 0.3) is 5.91 Å². The van der Waals surface area contributed by atoms with Crippen molar-refractivity contribution >= 4 is 17.8 Å². The first-order valence-electron chi connectivity index (χ1n) is 13.4. The van der Waals surface area contributed by atoms with E-state index in [1.165, 1.54) is 6.08 Å². The second-order valence-corrected chi connectivity index (χ2v) is 11.7. The predicted molar refractivity (Wildman–Crippen MR) is 148 cm³/mol. The summed E-state index contributed by atoms with van der Waals surface area (Å²) in [5, 5.41) is 12.5. The minimum atomic E-state index is -1.01. The molecular formula is C31H33N5O4. The molecule has 2 amide bonds. The van der Waals surface area contributed by atoms with Crippen molar-refractivity contribution in [2.45, 2.75) is 50.8 Å². The largest absolute Gasteiger partial charge is 0.444 e. The fraction of sp³-hybridized carbons (Fsp3) is 0.387. The number of aromatic nitrogens is 1. The second-order valence-electron chi connectivity index (χ2n) is 11.7. The fourth-order valence-electron chi connectivity index (χ4n) is 5.80. The number of nitrogens with one attached hydrogen (secondary N) is 1. The quantitative estimate of drug-likeness (QED) is 0.323. The number of nitrogens with zero attached hydrogens (tertiary/aromatic N) is 4. The summed E-state index contributed by atoms with van der Waals surface area (Å²) in [4.78, 5) is 47.7. The van der Waals surface area contributed by atoms with Crippen LogP contribution < -0.4 is 5.32 Å². The normalized spacial score (nSPS) is 26.2. The third-order valence-electron chi connectivity index (χ3n) is 7.67. The number of benzene rings is 1. The Labute approximate surface area is 234 Å². The number of allylic oxidation sites excluding steroid dienone is 1. The Morgan fingerprint density at radius 2 is 1.82 bits per heavy atom. The van der Waals surface area contributed by atoms with E-state index in [1.807, 2.05) is 32.9 Å². The van der Waals surface area contributed by atoms with Gasteiger partial charge in [0, 0.05) is 61.4 Å². The lowest BCUT2D eigenvalue weighted by Crippen LogP contribution is -2.49. The van der Waals surface area contributed by atoms with Crippen LogP contribution in [0.1, 0.15) is 48.7 Å². The molecule has 3 aliphatic rings. The van der Waals surface area contributed by atoms with Gasteiger partial charge in [-0.1, -0.05) is 6.08 Å². The number of hydrogen-bond donors (Lipinski definition) is 1. The molecule has 4 atom stereocenters. The lowest BCUT2D eigenvalue weighted by atomic mass is 9.87. The number of pyridine rings is 1. The highest BCUT2D eigenvalue weighted by atomic mass is 16.6. The van der Waals surface area contributed by atoms with Crippen LogP contribution in [0.25, 0.3) is 0 Å². The molecule has 2 aromatic rings. The van der Waals surface area contributed by atoms with E-state index in [2.05, 4.69) is 22.9 Å². The topological polar surface area (TPSA) is 116 Å². The number of carbonyl (C=O) groups is 3. The molecule has 9 heteroatoms. The molecule has 9 nitrogen and oxygen atoms in total. The lowest BCUT2D eigenvalue weighted by molar-refractivity contribution is -0.132. The first-order valence-corrected chi connectivity index (χ1v) is 13.4. The molecule has 2 saturated heterocycles. The Hall–Kier alpha value is -4.45. The van der Waals surface area contributed by atoms with Crippen molar-refractivity contribution in [3.63, 3.8) is 0 Å². The van der Waals surface area contributed by atoms with Crippen molar-refractivity contribution in [3.05, 3.63) is 90.0 Å². The van der Waals surface area contributed by atoms with Crippen LogP contribution >= 0.6 is 0 Å². The highest BCUT2D eigenvalue weighted by Gasteiger charge is 2.65. The maximum absolute atomic E-state index is 14.3. The molecule has 206 valence electrons. The Morgan fingerprint density at radius 1 is 1.18 bits per heavy atom. The number of amides is 2. The molecule has 1 N–H and O–H groups in total. The smallest absolute Gasteiger partial charge is 0.410 e. The number of fused-ring (bicyclic) bond motifs is 1. The molecule has 40 heavy (non-hydrogen) atoms. The van der Waals surface area contributed by atoms with E-state index >= 15 is 0 Å². The van der Waals surface area contributed by atoms with E-state index in [9.17, 15) is 14.4 Å². The molecule has 3 heterocycles. The van der Waals surface area contributed by atoms with Gasteiger partial charge in [-0.15, -0.1) is 6.58 Å². The summed E-state index contributed by atoms with van der Waals surface area (Å²) in [6.07, 6.45) is 6.97. The van der Waals surface area contributed by atoms with Crippen LogP contribution in [0, 0.1) is 23.2 Å². The molecule has 5 rings (SSSR count). The van der Waals surface area contributed by atoms with Crippen LogP contribution in [0.4, 0.5) is 4.79 Å². The van der Waals surface area contributed by atoms with Crippen LogP contribution in [0.15, 0.2) is 73.3 Å². The van der Waals surface area contributed by atoms with Gasteiger partial charge in [-0.3, -0.25) is 19.5 Å². The van der Waals surface area contributed by atoms with Gasteiger partial charge in [0.1, 0.15) is 17.0 Å². The zero-order chi connectivity index (χ0) is 28.7. The van der Waals surface area contributed by atoms with E-state index in [0.29, 0.717) is 42.9 Å². The number of piperidine rings is 1. The molecule has 2 aliphatic heterocycles. The highest BCUT2D eigenvalue weighted by molar-refractivity contribution is 6.06. The standard InChI is InChI=1S/C31H33N5O4/c1-5-12-31(16-20-10-13-33-14-11-20)28(38)36(26(34-31)15-25(37)22-8-6-21(17-32)7-9-22)27-23-18-35(19-24(23)27)29(39)40-30(2,3)4/h5-11,13-15,23-24,27,34H,1,12,16,18-19H2,2-4H3/t23-,24+,27+,31?. The van der Waals surface area contributed by atoms with Crippen LogP contribution in [-0.4, -0.2) is 62.8 Å². The SMILES string of the molecule is C=CCC1(Cc2ccncc2)NC(=CC(=O)c2ccc(C#N)cc2)N([C@H]2[C@@H]3CN(C(=O)OC(C)(C)C)C[C@@H]32)C1=O. The summed E-state index contributed by atoms with van der Waals surface area (Å²) in [6, 6.07) is 12.1. The molecule has 1 unspecified atom stereocenters. The summed E-state index contributed by atoms with van der Waals surface area (Å²) in [6.45, 7) is 10.4. The summed E-state index contributed by atoms with van der Waals surface area (Å²) < 4.78 is 5.54. The van der Waals surface area contributed by atoms with Gasteiger partial charge in [0.15, 0.2) is 5.78 Å². The van der Waals surface area contributed by atoms with Crippen molar-refractivity contribution < 1.29 is 19.1 Å². The lowest BCUT2D eigenvalue weighted by Gasteiger charge is -2.28. The first-order chi connectivity index (χ1) is 19.0. The average Bonchev–Trinajstić information content (AvgIpc) is 3.25. The second kappa shape index (κ2) is 10.3. The minimum Gasteiger partial charge on any atom is -0.444 e. The Balaban J connectivity index is 1.44. The summed E-state index contributed by atoms with van der Waals surface area (Å²) in [7, 11) is 0. The number of carbonyl (C=O) groups excluding carboxylic acids is 3. The molecule has 1 aromatic heterocycles. The molecule has 1 aliphatic carbocycles. The molecule has 1 saturated carbocycles. The van der Waals surface area contributed by atoms with E-state index in [0.717, 1.165) is 5.56 Å². The van der Waals surface area contributed by atoms with Gasteiger partial charge in [0.2, 0.25) is 0 Å². The van der Waals surface area contributed by atoms with Crippen molar-refractivity contribution in [2.24, 2.45) is 11.8 Å². The molecule has 3 fully saturated rings. The fourth-order valence-corrected chi connectivity index (χ4v) is 5.80. The maximum Gasteiger partial charge on any atom is 0.410 e. The van der Waals surface area contributed by atoms with Crippen molar-refractivity contribution in [1.29, 1.82) is 5.26 Å². The van der Waals surface area contributed by atoms with Crippen molar-refractivity contribution in [3.8, 4) is 6.07 Å². The van der Waals surface area contributed by atoms with Gasteiger partial charge in [-0.05, 0) is 69.2 Å². The number of likely N-dealkylation sites (tertiary alicyclic amines) is 1. The van der Waals surface area contributed by atoms with Crippen molar-refractivity contribution in [1.82, 2.24) is 20.1 Å². The van der Waals surface area contributed by atoms with E-state index in [1.54, 1.807) is 52.5 Å². The number of ketones is 1. The predicted octanol–water partition coefficient (Wildman–Crippen LogP) is 3.83. The van der Waals surface area contributed by atoms with Gasteiger partial charge >= 0.3 is 6.09 Å². The molecule has 0 radical (unpaired) electrons. The van der Waals surface area contributed by atoms with Crippen molar-refractivity contribution in [2.75, 3.05) is 13.1 Å². The molecule has 1 aromatic carbocycles. The minimum absolute atomic E-state index is 0.0899. The molecular weight excluding hydrogens is 506 g/mol. The van der Waals surface area contributed by atoms with E-state index < -0.39 is 11.1 Å². The average molecular weight is 540 g/mol. The molecule has 0 spiro atoms. The van der Waals surface area contributed by atoms with Gasteiger partial charge in [-0.25, -0.2) is 4.79 Å². The van der Waals surface area contributed by atoms with E-state index in [4.69, 9.17) is 10.00 Å². The summed E-state index contributed by atoms with van der Waals surface area (Å²) in [5.74, 6) is 0.230. The molecule has 0 bridgehead atoms. The maximum atomic E-state index is 14.3. The van der Waals surface area contributed by atoms with E-state index in [-0.39, 0.29) is 35.7 Å². The number of hydrogen-bond acceptors (Lipinski definition) is 7. The van der Waals surface area contributed by atoms with Crippen LogP contribution in [0.5, 0.6) is 0 Å². The van der Waals surface area contributed by atoms with Crippen LogP contribution in [0.2, 0.25) is 0 Å².